The fraction of sp³-hybridized carbons (Fsp3) is 0.500. The van der Waals surface area contributed by atoms with Crippen LogP contribution in [-0.4, -0.2) is 27.4 Å². The minimum absolute atomic E-state index is 0.244. The molecule has 0 aliphatic heterocycles. The van der Waals surface area contributed by atoms with E-state index in [9.17, 15) is 24.8 Å². The number of carbonyl (C=O) groups is 2. The fourth-order valence-corrected chi connectivity index (χ4v) is 1.32. The Bertz CT molecular complexity index is 558. The van der Waals surface area contributed by atoms with Crippen molar-refractivity contribution in [2.75, 3.05) is 0 Å². The molecule has 0 saturated heterocycles. The SMILES string of the molecule is CC(C)(NC(=O)c1ccc([N+](=O)[O-])o1)C(C)(C)C(=O)O. The molecule has 2 N–H and O–H groups in total. The summed E-state index contributed by atoms with van der Waals surface area (Å²) in [6.07, 6.45) is 0. The topological polar surface area (TPSA) is 123 Å². The molecule has 0 aromatic carbocycles. The predicted octanol–water partition coefficient (Wildman–Crippen LogP) is 1.81. The maximum atomic E-state index is 11.9. The smallest absolute Gasteiger partial charge is 0.433 e. The molecule has 8 heteroatoms. The van der Waals surface area contributed by atoms with E-state index >= 15 is 0 Å². The molecule has 8 nitrogen and oxygen atoms in total. The van der Waals surface area contributed by atoms with E-state index in [0.29, 0.717) is 0 Å². The van der Waals surface area contributed by atoms with Gasteiger partial charge in [-0.15, -0.1) is 0 Å². The lowest BCUT2D eigenvalue weighted by Gasteiger charge is -2.38. The third kappa shape index (κ3) is 2.79. The molecule has 20 heavy (non-hydrogen) atoms. The van der Waals surface area contributed by atoms with Crippen LogP contribution in [0.2, 0.25) is 0 Å². The quantitative estimate of drug-likeness (QED) is 0.627. The first kappa shape index (κ1) is 15.7. The van der Waals surface area contributed by atoms with E-state index in [4.69, 9.17) is 4.42 Å². The first-order chi connectivity index (χ1) is 8.99. The standard InChI is InChI=1S/C12H16N2O6/c1-11(2,10(16)17)12(3,4)13-9(15)7-5-6-8(20-7)14(18)19/h5-6H,1-4H3,(H,13,15)(H,16,17). The van der Waals surface area contributed by atoms with Gasteiger partial charge < -0.3 is 14.8 Å². The van der Waals surface area contributed by atoms with Crippen LogP contribution in [0.25, 0.3) is 0 Å². The number of carboxylic acids is 1. The van der Waals surface area contributed by atoms with Gasteiger partial charge in [-0.25, -0.2) is 0 Å². The molecular weight excluding hydrogens is 268 g/mol. The summed E-state index contributed by atoms with van der Waals surface area (Å²) < 4.78 is 4.77. The lowest BCUT2D eigenvalue weighted by Crippen LogP contribution is -2.56. The van der Waals surface area contributed by atoms with Gasteiger partial charge in [0.25, 0.3) is 5.91 Å². The Morgan fingerprint density at radius 2 is 1.85 bits per heavy atom. The van der Waals surface area contributed by atoms with Crippen LogP contribution in [0.3, 0.4) is 0 Å². The molecule has 1 heterocycles. The minimum atomic E-state index is -1.23. The summed E-state index contributed by atoms with van der Waals surface area (Å²) in [7, 11) is 0. The van der Waals surface area contributed by atoms with Gasteiger partial charge in [0, 0.05) is 0 Å². The van der Waals surface area contributed by atoms with E-state index in [1.54, 1.807) is 13.8 Å². The third-order valence-electron chi connectivity index (χ3n) is 3.52. The molecule has 0 aliphatic carbocycles. The van der Waals surface area contributed by atoms with Gasteiger partial charge in [-0.3, -0.25) is 19.7 Å². The van der Waals surface area contributed by atoms with E-state index in [1.165, 1.54) is 13.8 Å². The number of rotatable bonds is 5. The Kier molecular flexibility index (Phi) is 3.88. The molecular formula is C12H16N2O6. The first-order valence-corrected chi connectivity index (χ1v) is 5.79. The Balaban J connectivity index is 2.94. The number of carbonyl (C=O) groups excluding carboxylic acids is 1. The van der Waals surface area contributed by atoms with Crippen molar-refractivity contribution in [3.63, 3.8) is 0 Å². The highest BCUT2D eigenvalue weighted by atomic mass is 16.6. The average Bonchev–Trinajstić information content (AvgIpc) is 2.77. The lowest BCUT2D eigenvalue weighted by atomic mass is 9.74. The van der Waals surface area contributed by atoms with Crippen molar-refractivity contribution in [3.05, 3.63) is 28.0 Å². The lowest BCUT2D eigenvalue weighted by molar-refractivity contribution is -0.402. The zero-order valence-corrected chi connectivity index (χ0v) is 11.6. The molecule has 0 fully saturated rings. The Morgan fingerprint density at radius 3 is 2.25 bits per heavy atom. The summed E-state index contributed by atoms with van der Waals surface area (Å²) in [5, 5.41) is 22.2. The molecule has 0 spiro atoms. The van der Waals surface area contributed by atoms with Crippen molar-refractivity contribution in [1.29, 1.82) is 0 Å². The number of nitro groups is 1. The Morgan fingerprint density at radius 1 is 1.30 bits per heavy atom. The maximum absolute atomic E-state index is 11.9. The number of aliphatic carboxylic acids is 1. The molecule has 1 rings (SSSR count). The molecule has 1 aromatic heterocycles. The predicted molar refractivity (Wildman–Crippen MR) is 68.3 cm³/mol. The van der Waals surface area contributed by atoms with E-state index in [-0.39, 0.29) is 5.76 Å². The number of furan rings is 1. The monoisotopic (exact) mass is 284 g/mol. The van der Waals surface area contributed by atoms with E-state index < -0.39 is 33.6 Å². The van der Waals surface area contributed by atoms with Crippen LogP contribution in [-0.2, 0) is 4.79 Å². The molecule has 1 amide bonds. The van der Waals surface area contributed by atoms with Gasteiger partial charge in [0.05, 0.1) is 17.0 Å². The number of hydrogen-bond donors (Lipinski definition) is 2. The molecule has 0 saturated carbocycles. The number of nitrogens with zero attached hydrogens (tertiary/aromatic N) is 1. The molecule has 1 aromatic rings. The summed E-state index contributed by atoms with van der Waals surface area (Å²) in [5.74, 6) is -2.58. The number of nitrogens with one attached hydrogen (secondary N) is 1. The van der Waals surface area contributed by atoms with Crippen molar-refractivity contribution < 1.29 is 24.0 Å². The molecule has 0 aliphatic rings. The van der Waals surface area contributed by atoms with E-state index in [2.05, 4.69) is 5.32 Å². The van der Waals surface area contributed by atoms with Crippen molar-refractivity contribution in [1.82, 2.24) is 5.32 Å². The maximum Gasteiger partial charge on any atom is 0.433 e. The van der Waals surface area contributed by atoms with Crippen LogP contribution in [0.15, 0.2) is 16.5 Å². The van der Waals surface area contributed by atoms with Crippen LogP contribution in [0, 0.1) is 15.5 Å². The van der Waals surface area contributed by atoms with Gasteiger partial charge in [-0.1, -0.05) is 0 Å². The first-order valence-electron chi connectivity index (χ1n) is 5.79. The van der Waals surface area contributed by atoms with Gasteiger partial charge in [0.15, 0.2) is 5.76 Å². The molecule has 0 bridgehead atoms. The normalized spacial score (nSPS) is 12.0. The number of carboxylic acid groups (broad SMARTS) is 1. The summed E-state index contributed by atoms with van der Waals surface area (Å²) >= 11 is 0. The Hall–Kier alpha value is -2.38. The second-order valence-electron chi connectivity index (χ2n) is 5.40. The van der Waals surface area contributed by atoms with Gasteiger partial charge in [-0.05, 0) is 33.8 Å². The van der Waals surface area contributed by atoms with Crippen LogP contribution >= 0.6 is 0 Å². The Labute approximate surface area is 114 Å². The zero-order chi connectivity index (χ0) is 15.7. The van der Waals surface area contributed by atoms with E-state index in [0.717, 1.165) is 12.1 Å². The van der Waals surface area contributed by atoms with Crippen LogP contribution in [0.1, 0.15) is 38.2 Å². The van der Waals surface area contributed by atoms with Crippen LogP contribution in [0.4, 0.5) is 5.88 Å². The highest BCUT2D eigenvalue weighted by Gasteiger charge is 2.44. The third-order valence-corrected chi connectivity index (χ3v) is 3.52. The number of amides is 1. The fourth-order valence-electron chi connectivity index (χ4n) is 1.32. The second-order valence-corrected chi connectivity index (χ2v) is 5.40. The van der Waals surface area contributed by atoms with Crippen molar-refractivity contribution in [3.8, 4) is 0 Å². The van der Waals surface area contributed by atoms with Gasteiger partial charge in [0.2, 0.25) is 0 Å². The van der Waals surface area contributed by atoms with Gasteiger partial charge >= 0.3 is 11.9 Å². The molecule has 0 unspecified atom stereocenters. The van der Waals surface area contributed by atoms with Crippen LogP contribution < -0.4 is 5.32 Å². The number of hydrogen-bond acceptors (Lipinski definition) is 5. The van der Waals surface area contributed by atoms with Crippen molar-refractivity contribution in [2.45, 2.75) is 33.2 Å². The minimum Gasteiger partial charge on any atom is -0.481 e. The summed E-state index contributed by atoms with van der Waals surface area (Å²) in [6, 6.07) is 2.22. The molecule has 110 valence electrons. The molecule has 0 radical (unpaired) electrons. The largest absolute Gasteiger partial charge is 0.481 e. The van der Waals surface area contributed by atoms with Gasteiger partial charge in [0.1, 0.15) is 4.92 Å². The average molecular weight is 284 g/mol. The van der Waals surface area contributed by atoms with Crippen LogP contribution in [0.5, 0.6) is 0 Å². The second kappa shape index (κ2) is 4.95. The van der Waals surface area contributed by atoms with Crippen molar-refractivity contribution in [2.24, 2.45) is 5.41 Å². The molecule has 0 atom stereocenters. The van der Waals surface area contributed by atoms with Crippen molar-refractivity contribution >= 4 is 17.8 Å². The van der Waals surface area contributed by atoms with E-state index in [1.807, 2.05) is 0 Å². The van der Waals surface area contributed by atoms with Gasteiger partial charge in [-0.2, -0.15) is 0 Å². The highest BCUT2D eigenvalue weighted by Crippen LogP contribution is 2.31. The summed E-state index contributed by atoms with van der Waals surface area (Å²) in [4.78, 5) is 32.9. The summed E-state index contributed by atoms with van der Waals surface area (Å²) in [6.45, 7) is 6.05. The summed E-state index contributed by atoms with van der Waals surface area (Å²) in [5.41, 5.74) is -2.32. The zero-order valence-electron chi connectivity index (χ0n) is 11.6. The highest BCUT2D eigenvalue weighted by molar-refractivity contribution is 5.93.